The second kappa shape index (κ2) is 7.34. The highest BCUT2D eigenvalue weighted by atomic mass is 19.1. The SMILES string of the molecule is O=C(O)c1ccc(CNC(=O)N2CCC(c3ccccc3F)C2)cc1. The summed E-state index contributed by atoms with van der Waals surface area (Å²) in [7, 11) is 0. The van der Waals surface area contributed by atoms with E-state index in [1.54, 1.807) is 29.2 Å². The Balaban J connectivity index is 1.54. The molecular weight excluding hydrogens is 323 g/mol. The summed E-state index contributed by atoms with van der Waals surface area (Å²) in [4.78, 5) is 24.8. The van der Waals surface area contributed by atoms with Crippen molar-refractivity contribution in [1.29, 1.82) is 0 Å². The first-order valence-electron chi connectivity index (χ1n) is 8.14. The maximum atomic E-state index is 13.9. The molecule has 130 valence electrons. The van der Waals surface area contributed by atoms with Crippen LogP contribution in [-0.4, -0.2) is 35.1 Å². The molecule has 2 amide bonds. The first kappa shape index (κ1) is 17.0. The molecule has 5 nitrogen and oxygen atoms in total. The summed E-state index contributed by atoms with van der Waals surface area (Å²) in [5.41, 5.74) is 1.69. The molecule has 0 aromatic heterocycles. The van der Waals surface area contributed by atoms with E-state index in [1.165, 1.54) is 18.2 Å². The number of likely N-dealkylation sites (tertiary alicyclic amines) is 1. The lowest BCUT2D eigenvalue weighted by Gasteiger charge is -2.18. The van der Waals surface area contributed by atoms with Crippen molar-refractivity contribution in [3.8, 4) is 0 Å². The van der Waals surface area contributed by atoms with Gasteiger partial charge >= 0.3 is 12.0 Å². The van der Waals surface area contributed by atoms with E-state index in [2.05, 4.69) is 5.32 Å². The Morgan fingerprint density at radius 2 is 1.88 bits per heavy atom. The van der Waals surface area contributed by atoms with Crippen LogP contribution >= 0.6 is 0 Å². The zero-order valence-corrected chi connectivity index (χ0v) is 13.6. The molecule has 2 aromatic carbocycles. The molecule has 1 atom stereocenters. The van der Waals surface area contributed by atoms with E-state index in [0.717, 1.165) is 12.0 Å². The number of nitrogens with zero attached hydrogens (tertiary/aromatic N) is 1. The maximum absolute atomic E-state index is 13.9. The third kappa shape index (κ3) is 3.96. The molecule has 0 spiro atoms. The fourth-order valence-electron chi connectivity index (χ4n) is 3.06. The Morgan fingerprint density at radius 1 is 1.16 bits per heavy atom. The van der Waals surface area contributed by atoms with Crippen LogP contribution in [0.15, 0.2) is 48.5 Å². The second-order valence-electron chi connectivity index (χ2n) is 6.11. The lowest BCUT2D eigenvalue weighted by molar-refractivity contribution is 0.0697. The van der Waals surface area contributed by atoms with E-state index in [9.17, 15) is 14.0 Å². The van der Waals surface area contributed by atoms with Crippen LogP contribution in [0, 0.1) is 5.82 Å². The van der Waals surface area contributed by atoms with Crippen molar-refractivity contribution in [1.82, 2.24) is 10.2 Å². The van der Waals surface area contributed by atoms with E-state index in [4.69, 9.17) is 5.11 Å². The molecular formula is C19H19FN2O3. The summed E-state index contributed by atoms with van der Waals surface area (Å²) >= 11 is 0. The number of halogens is 1. The van der Waals surface area contributed by atoms with Gasteiger partial charge in [-0.2, -0.15) is 0 Å². The summed E-state index contributed by atoms with van der Waals surface area (Å²) in [5, 5.41) is 11.7. The summed E-state index contributed by atoms with van der Waals surface area (Å²) in [6.07, 6.45) is 0.738. The van der Waals surface area contributed by atoms with E-state index in [0.29, 0.717) is 25.2 Å². The van der Waals surface area contributed by atoms with Crippen molar-refractivity contribution in [2.24, 2.45) is 0 Å². The lowest BCUT2D eigenvalue weighted by Crippen LogP contribution is -2.38. The highest BCUT2D eigenvalue weighted by Crippen LogP contribution is 2.28. The molecule has 1 saturated heterocycles. The average molecular weight is 342 g/mol. The molecule has 0 saturated carbocycles. The molecule has 0 aliphatic carbocycles. The molecule has 2 aromatic rings. The number of carboxylic acid groups (broad SMARTS) is 1. The van der Waals surface area contributed by atoms with Gasteiger partial charge in [-0.15, -0.1) is 0 Å². The number of hydrogen-bond donors (Lipinski definition) is 2. The van der Waals surface area contributed by atoms with Gasteiger partial charge in [0.25, 0.3) is 0 Å². The van der Waals surface area contributed by atoms with Crippen LogP contribution in [0.1, 0.15) is 33.8 Å². The van der Waals surface area contributed by atoms with Crippen molar-refractivity contribution in [2.75, 3.05) is 13.1 Å². The van der Waals surface area contributed by atoms with Gasteiger partial charge < -0.3 is 15.3 Å². The molecule has 3 rings (SSSR count). The highest BCUT2D eigenvalue weighted by Gasteiger charge is 2.28. The van der Waals surface area contributed by atoms with Crippen molar-refractivity contribution >= 4 is 12.0 Å². The van der Waals surface area contributed by atoms with Crippen LogP contribution in [0.2, 0.25) is 0 Å². The zero-order valence-electron chi connectivity index (χ0n) is 13.6. The zero-order chi connectivity index (χ0) is 17.8. The molecule has 1 fully saturated rings. The number of hydrogen-bond acceptors (Lipinski definition) is 2. The van der Waals surface area contributed by atoms with Gasteiger partial charge in [-0.3, -0.25) is 0 Å². The van der Waals surface area contributed by atoms with Crippen molar-refractivity contribution < 1.29 is 19.1 Å². The van der Waals surface area contributed by atoms with Crippen LogP contribution < -0.4 is 5.32 Å². The number of carboxylic acids is 1. The Hall–Kier alpha value is -2.89. The van der Waals surface area contributed by atoms with Crippen LogP contribution in [-0.2, 0) is 6.54 Å². The number of benzene rings is 2. The standard InChI is InChI=1S/C19H19FN2O3/c20-17-4-2-1-3-16(17)15-9-10-22(12-15)19(25)21-11-13-5-7-14(8-6-13)18(23)24/h1-8,15H,9-12H2,(H,21,25)(H,23,24). The first-order valence-corrected chi connectivity index (χ1v) is 8.14. The predicted octanol–water partition coefficient (Wildman–Crippen LogP) is 3.22. The molecule has 2 N–H and O–H groups in total. The summed E-state index contributed by atoms with van der Waals surface area (Å²) in [5.74, 6) is -1.19. The van der Waals surface area contributed by atoms with Gasteiger partial charge in [-0.1, -0.05) is 30.3 Å². The molecule has 1 heterocycles. The minimum absolute atomic E-state index is 0.0156. The average Bonchev–Trinajstić information content (AvgIpc) is 3.10. The van der Waals surface area contributed by atoms with E-state index < -0.39 is 5.97 Å². The summed E-state index contributed by atoms with van der Waals surface area (Å²) in [6.45, 7) is 1.40. The smallest absolute Gasteiger partial charge is 0.335 e. The third-order valence-corrected chi connectivity index (χ3v) is 4.47. The van der Waals surface area contributed by atoms with E-state index >= 15 is 0 Å². The minimum atomic E-state index is -0.980. The van der Waals surface area contributed by atoms with Crippen molar-refractivity contribution in [3.05, 3.63) is 71.0 Å². The summed E-state index contributed by atoms with van der Waals surface area (Å²) in [6, 6.07) is 12.9. The maximum Gasteiger partial charge on any atom is 0.335 e. The molecule has 0 radical (unpaired) electrons. The van der Waals surface area contributed by atoms with Gasteiger partial charge in [0, 0.05) is 25.6 Å². The fraction of sp³-hybridized carbons (Fsp3) is 0.263. The highest BCUT2D eigenvalue weighted by molar-refractivity contribution is 5.87. The fourth-order valence-corrected chi connectivity index (χ4v) is 3.06. The monoisotopic (exact) mass is 342 g/mol. The van der Waals surface area contributed by atoms with E-state index in [-0.39, 0.29) is 23.3 Å². The number of nitrogens with one attached hydrogen (secondary N) is 1. The van der Waals surface area contributed by atoms with Gasteiger partial charge in [0.15, 0.2) is 0 Å². The van der Waals surface area contributed by atoms with Gasteiger partial charge in [-0.05, 0) is 35.7 Å². The number of rotatable bonds is 4. The molecule has 6 heteroatoms. The predicted molar refractivity (Wildman–Crippen MR) is 91.0 cm³/mol. The van der Waals surface area contributed by atoms with Crippen LogP contribution in [0.3, 0.4) is 0 Å². The van der Waals surface area contributed by atoms with Crippen LogP contribution in [0.5, 0.6) is 0 Å². The van der Waals surface area contributed by atoms with Crippen LogP contribution in [0.25, 0.3) is 0 Å². The topological polar surface area (TPSA) is 69.6 Å². The number of aromatic carboxylic acids is 1. The first-order chi connectivity index (χ1) is 12.0. The Morgan fingerprint density at radius 3 is 2.56 bits per heavy atom. The quantitative estimate of drug-likeness (QED) is 0.896. The number of carbonyl (C=O) groups is 2. The third-order valence-electron chi connectivity index (χ3n) is 4.47. The molecule has 1 unspecified atom stereocenters. The number of carbonyl (C=O) groups excluding carboxylic acids is 1. The van der Waals surface area contributed by atoms with Gasteiger partial charge in [0.2, 0.25) is 0 Å². The Labute approximate surface area is 145 Å². The van der Waals surface area contributed by atoms with Gasteiger partial charge in [-0.25, -0.2) is 14.0 Å². The molecule has 1 aliphatic heterocycles. The molecule has 25 heavy (non-hydrogen) atoms. The van der Waals surface area contributed by atoms with Crippen LogP contribution in [0.4, 0.5) is 9.18 Å². The van der Waals surface area contributed by atoms with Crippen molar-refractivity contribution in [2.45, 2.75) is 18.9 Å². The molecule has 0 bridgehead atoms. The van der Waals surface area contributed by atoms with Gasteiger partial charge in [0.1, 0.15) is 5.82 Å². The molecule has 1 aliphatic rings. The Bertz CT molecular complexity index is 776. The van der Waals surface area contributed by atoms with E-state index in [1.807, 2.05) is 6.07 Å². The summed E-state index contributed by atoms with van der Waals surface area (Å²) < 4.78 is 13.9. The number of amides is 2. The van der Waals surface area contributed by atoms with Gasteiger partial charge in [0.05, 0.1) is 5.56 Å². The van der Waals surface area contributed by atoms with Crippen molar-refractivity contribution in [3.63, 3.8) is 0 Å². The number of urea groups is 1. The Kier molecular flexibility index (Phi) is 4.97. The minimum Gasteiger partial charge on any atom is -0.478 e. The lowest BCUT2D eigenvalue weighted by atomic mass is 9.98. The largest absolute Gasteiger partial charge is 0.478 e. The second-order valence-corrected chi connectivity index (χ2v) is 6.11. The normalized spacial score (nSPS) is 16.7.